The molecule has 2 aromatic heterocycles. The Bertz CT molecular complexity index is 976. The van der Waals surface area contributed by atoms with Crippen LogP contribution in [-0.4, -0.2) is 23.4 Å². The number of pyridine rings is 1. The number of aromatic amines is 1. The molecule has 0 atom stereocenters. The summed E-state index contributed by atoms with van der Waals surface area (Å²) in [6.07, 6.45) is 2.73. The highest BCUT2D eigenvalue weighted by molar-refractivity contribution is 7.91. The molecule has 0 saturated carbocycles. The average molecular weight is 301 g/mol. The molecular weight excluding hydrogens is 290 g/mol. The molecule has 1 aromatic carbocycles. The molecule has 3 rings (SSSR count). The molecule has 0 spiro atoms. The summed E-state index contributed by atoms with van der Waals surface area (Å²) in [5, 5.41) is 0.461. The maximum atomic E-state index is 12.5. The predicted molar refractivity (Wildman–Crippen MR) is 76.8 cm³/mol. The maximum absolute atomic E-state index is 12.5. The largest absolute Gasteiger partial charge is 0.305 e. The van der Waals surface area contributed by atoms with Gasteiger partial charge in [-0.15, -0.1) is 0 Å². The molecule has 0 aliphatic rings. The fourth-order valence-corrected chi connectivity index (χ4v) is 3.30. The van der Waals surface area contributed by atoms with E-state index in [4.69, 9.17) is 0 Å². The van der Waals surface area contributed by atoms with E-state index in [2.05, 4.69) is 15.0 Å². The van der Waals surface area contributed by atoms with E-state index in [0.717, 1.165) is 5.56 Å². The van der Waals surface area contributed by atoms with Crippen molar-refractivity contribution in [2.75, 3.05) is 0 Å². The first-order valence-corrected chi connectivity index (χ1v) is 7.61. The van der Waals surface area contributed by atoms with E-state index in [9.17, 15) is 13.2 Å². The number of rotatable bonds is 2. The van der Waals surface area contributed by atoms with Crippen molar-refractivity contribution in [2.24, 2.45) is 0 Å². The van der Waals surface area contributed by atoms with Gasteiger partial charge in [-0.1, -0.05) is 17.7 Å². The van der Waals surface area contributed by atoms with Crippen molar-refractivity contribution in [3.05, 3.63) is 58.8 Å². The number of nitrogens with one attached hydrogen (secondary N) is 1. The monoisotopic (exact) mass is 301 g/mol. The van der Waals surface area contributed by atoms with Gasteiger partial charge >= 0.3 is 0 Å². The lowest BCUT2D eigenvalue weighted by Gasteiger charge is -2.05. The Balaban J connectivity index is 2.26. The van der Waals surface area contributed by atoms with Crippen LogP contribution in [0.15, 0.2) is 57.4 Å². The third kappa shape index (κ3) is 2.31. The molecule has 21 heavy (non-hydrogen) atoms. The summed E-state index contributed by atoms with van der Waals surface area (Å²) >= 11 is 0. The Kier molecular flexibility index (Phi) is 3.06. The molecule has 1 N–H and O–H groups in total. The van der Waals surface area contributed by atoms with Crippen molar-refractivity contribution in [3.8, 4) is 0 Å². The summed E-state index contributed by atoms with van der Waals surface area (Å²) in [7, 11) is -3.88. The minimum absolute atomic E-state index is 0.0785. The Labute approximate surface area is 120 Å². The standard InChI is InChI=1S/C14H11N3O3S/c1-9-2-4-11(5-3-9)21(19,20)12-6-10-7-15-8-16-13(10)17-14(12)18/h2-8H,1H3,(H,15,16,17,18). The topological polar surface area (TPSA) is 92.8 Å². The Morgan fingerprint density at radius 2 is 1.86 bits per heavy atom. The van der Waals surface area contributed by atoms with E-state index in [-0.39, 0.29) is 9.79 Å². The van der Waals surface area contributed by atoms with Crippen molar-refractivity contribution in [1.82, 2.24) is 15.0 Å². The minimum Gasteiger partial charge on any atom is -0.305 e. The van der Waals surface area contributed by atoms with Crippen molar-refractivity contribution >= 4 is 20.9 Å². The van der Waals surface area contributed by atoms with Gasteiger partial charge in [0.05, 0.1) is 4.90 Å². The van der Waals surface area contributed by atoms with E-state index in [0.29, 0.717) is 11.0 Å². The van der Waals surface area contributed by atoms with Gasteiger partial charge in [0.15, 0.2) is 0 Å². The van der Waals surface area contributed by atoms with Gasteiger partial charge in [0.2, 0.25) is 9.84 Å². The molecule has 106 valence electrons. The molecule has 0 amide bonds. The molecular formula is C14H11N3O3S. The third-order valence-electron chi connectivity index (χ3n) is 3.10. The summed E-state index contributed by atoms with van der Waals surface area (Å²) in [5.74, 6) is 0. The summed E-state index contributed by atoms with van der Waals surface area (Å²) in [6, 6.07) is 7.63. The summed E-state index contributed by atoms with van der Waals surface area (Å²) in [6.45, 7) is 1.86. The van der Waals surface area contributed by atoms with E-state index in [1.807, 2.05) is 6.92 Å². The quantitative estimate of drug-likeness (QED) is 0.773. The van der Waals surface area contributed by atoms with Crippen molar-refractivity contribution in [1.29, 1.82) is 0 Å². The highest BCUT2D eigenvalue weighted by Crippen LogP contribution is 2.20. The zero-order chi connectivity index (χ0) is 15.0. The highest BCUT2D eigenvalue weighted by atomic mass is 32.2. The van der Waals surface area contributed by atoms with E-state index >= 15 is 0 Å². The van der Waals surface area contributed by atoms with E-state index < -0.39 is 15.4 Å². The van der Waals surface area contributed by atoms with Crippen LogP contribution in [0.3, 0.4) is 0 Å². The van der Waals surface area contributed by atoms with Gasteiger partial charge in [0.1, 0.15) is 16.9 Å². The first-order valence-electron chi connectivity index (χ1n) is 6.13. The SMILES string of the molecule is Cc1ccc(S(=O)(=O)c2cc3cncnc3[nH]c2=O)cc1. The van der Waals surface area contributed by atoms with Crippen LogP contribution in [0.5, 0.6) is 0 Å². The molecule has 3 aromatic rings. The third-order valence-corrected chi connectivity index (χ3v) is 4.88. The van der Waals surface area contributed by atoms with E-state index in [1.165, 1.54) is 30.7 Å². The number of aryl methyl sites for hydroxylation is 1. The van der Waals surface area contributed by atoms with Gasteiger partial charge in [0, 0.05) is 11.6 Å². The molecule has 0 unspecified atom stereocenters. The molecule has 0 radical (unpaired) electrons. The van der Waals surface area contributed by atoms with Crippen LogP contribution in [0.2, 0.25) is 0 Å². The molecule has 2 heterocycles. The maximum Gasteiger partial charge on any atom is 0.268 e. The number of sulfone groups is 1. The van der Waals surface area contributed by atoms with Crippen LogP contribution >= 0.6 is 0 Å². The molecule has 0 aliphatic heterocycles. The fraction of sp³-hybridized carbons (Fsp3) is 0.0714. The van der Waals surface area contributed by atoms with Gasteiger partial charge in [-0.05, 0) is 25.1 Å². The molecule has 0 saturated heterocycles. The lowest BCUT2D eigenvalue weighted by Crippen LogP contribution is -2.18. The smallest absolute Gasteiger partial charge is 0.268 e. The first kappa shape index (κ1) is 13.4. The van der Waals surface area contributed by atoms with Crippen LogP contribution in [0.4, 0.5) is 0 Å². The second-order valence-corrected chi connectivity index (χ2v) is 6.52. The molecule has 6 nitrogen and oxygen atoms in total. The Morgan fingerprint density at radius 3 is 2.57 bits per heavy atom. The number of aromatic nitrogens is 3. The number of H-pyrrole nitrogens is 1. The zero-order valence-corrected chi connectivity index (χ0v) is 11.9. The molecule has 0 bridgehead atoms. The number of nitrogens with zero attached hydrogens (tertiary/aromatic N) is 2. The lowest BCUT2D eigenvalue weighted by atomic mass is 10.2. The van der Waals surface area contributed by atoms with Crippen molar-refractivity contribution in [3.63, 3.8) is 0 Å². The minimum atomic E-state index is -3.88. The van der Waals surface area contributed by atoms with Crippen LogP contribution < -0.4 is 5.56 Å². The molecule has 0 fully saturated rings. The van der Waals surface area contributed by atoms with Crippen molar-refractivity contribution in [2.45, 2.75) is 16.7 Å². The van der Waals surface area contributed by atoms with Gasteiger partial charge < -0.3 is 4.98 Å². The second kappa shape index (κ2) is 4.78. The van der Waals surface area contributed by atoms with Crippen LogP contribution in [0.25, 0.3) is 11.0 Å². The van der Waals surface area contributed by atoms with Crippen LogP contribution in [-0.2, 0) is 9.84 Å². The second-order valence-electron chi connectivity index (χ2n) is 4.61. The average Bonchev–Trinajstić information content (AvgIpc) is 2.47. The highest BCUT2D eigenvalue weighted by Gasteiger charge is 2.22. The lowest BCUT2D eigenvalue weighted by molar-refractivity contribution is 0.595. The molecule has 7 heteroatoms. The van der Waals surface area contributed by atoms with E-state index in [1.54, 1.807) is 12.1 Å². The summed E-state index contributed by atoms with van der Waals surface area (Å²) < 4.78 is 25.1. The number of hydrogen-bond donors (Lipinski definition) is 1. The first-order chi connectivity index (χ1) is 9.98. The Hall–Kier alpha value is -2.54. The molecule has 0 aliphatic carbocycles. The van der Waals surface area contributed by atoms with Gasteiger partial charge in [-0.2, -0.15) is 0 Å². The summed E-state index contributed by atoms with van der Waals surface area (Å²) in [4.78, 5) is 22.0. The predicted octanol–water partition coefficient (Wildman–Crippen LogP) is 1.46. The van der Waals surface area contributed by atoms with Crippen LogP contribution in [0, 0.1) is 6.92 Å². The summed E-state index contributed by atoms with van der Waals surface area (Å²) in [5.41, 5.74) is 0.550. The fourth-order valence-electron chi connectivity index (χ4n) is 1.97. The Morgan fingerprint density at radius 1 is 1.14 bits per heavy atom. The normalized spacial score (nSPS) is 11.7. The van der Waals surface area contributed by atoms with Crippen molar-refractivity contribution < 1.29 is 8.42 Å². The number of hydrogen-bond acceptors (Lipinski definition) is 5. The number of benzene rings is 1. The van der Waals surface area contributed by atoms with Gasteiger partial charge in [-0.3, -0.25) is 4.79 Å². The number of fused-ring (bicyclic) bond motifs is 1. The van der Waals surface area contributed by atoms with Gasteiger partial charge in [-0.25, -0.2) is 18.4 Å². The van der Waals surface area contributed by atoms with Crippen LogP contribution in [0.1, 0.15) is 5.56 Å². The zero-order valence-electron chi connectivity index (χ0n) is 11.1. The van der Waals surface area contributed by atoms with Gasteiger partial charge in [0.25, 0.3) is 5.56 Å².